The number of aromatic nitrogens is 3. The van der Waals surface area contributed by atoms with E-state index in [0.717, 1.165) is 29.8 Å². The van der Waals surface area contributed by atoms with Gasteiger partial charge >= 0.3 is 0 Å². The van der Waals surface area contributed by atoms with Crippen LogP contribution in [-0.2, 0) is 17.9 Å². The van der Waals surface area contributed by atoms with E-state index in [0.29, 0.717) is 30.0 Å². The van der Waals surface area contributed by atoms with Gasteiger partial charge in [-0.1, -0.05) is 6.07 Å². The van der Waals surface area contributed by atoms with Crippen LogP contribution in [0.25, 0.3) is 11.6 Å². The minimum absolute atomic E-state index is 0.105. The van der Waals surface area contributed by atoms with Crippen LogP contribution in [-0.4, -0.2) is 27.5 Å². The van der Waals surface area contributed by atoms with E-state index in [1.54, 1.807) is 4.57 Å². The lowest BCUT2D eigenvalue weighted by molar-refractivity contribution is -0.121. The van der Waals surface area contributed by atoms with Gasteiger partial charge in [0.15, 0.2) is 11.5 Å². The van der Waals surface area contributed by atoms with Crippen LogP contribution in [0.5, 0.6) is 11.5 Å². The number of benzene rings is 1. The molecule has 1 N–H and O–H groups in total. The van der Waals surface area contributed by atoms with Crippen molar-refractivity contribution in [2.75, 3.05) is 6.79 Å². The Morgan fingerprint density at radius 1 is 1.19 bits per heavy atom. The lowest BCUT2D eigenvalue weighted by Gasteiger charge is -2.09. The second-order valence-electron chi connectivity index (χ2n) is 6.71. The van der Waals surface area contributed by atoms with Crippen molar-refractivity contribution in [3.05, 3.63) is 48.0 Å². The maximum absolute atomic E-state index is 12.4. The molecule has 0 saturated heterocycles. The average Bonchev–Trinajstić information content (AvgIpc) is 3.08. The first-order valence-corrected chi connectivity index (χ1v) is 8.90. The molecule has 1 aliphatic heterocycles. The minimum Gasteiger partial charge on any atom is -0.454 e. The Balaban J connectivity index is 1.23. The zero-order valence-corrected chi connectivity index (χ0v) is 14.6. The predicted octanol–water partition coefficient (Wildman–Crippen LogP) is 2.46. The first-order valence-electron chi connectivity index (χ1n) is 8.90. The van der Waals surface area contributed by atoms with Gasteiger partial charge in [0.25, 0.3) is 5.89 Å². The summed E-state index contributed by atoms with van der Waals surface area (Å²) in [5, 5.41) is 11.1. The molecular formula is C19H18N4O4. The van der Waals surface area contributed by atoms with Gasteiger partial charge < -0.3 is 23.8 Å². The van der Waals surface area contributed by atoms with Crippen molar-refractivity contribution in [2.45, 2.75) is 31.8 Å². The summed E-state index contributed by atoms with van der Waals surface area (Å²) in [5.74, 6) is 2.87. The smallest absolute Gasteiger partial charge is 0.264 e. The number of rotatable bonds is 6. The van der Waals surface area contributed by atoms with Gasteiger partial charge in [-0.2, -0.15) is 0 Å². The van der Waals surface area contributed by atoms with E-state index < -0.39 is 0 Å². The molecule has 27 heavy (non-hydrogen) atoms. The summed E-state index contributed by atoms with van der Waals surface area (Å²) in [6, 6.07) is 9.37. The van der Waals surface area contributed by atoms with Crippen molar-refractivity contribution in [1.29, 1.82) is 0 Å². The highest BCUT2D eigenvalue weighted by molar-refractivity contribution is 5.76. The highest BCUT2D eigenvalue weighted by Gasteiger charge is 2.30. The zero-order valence-electron chi connectivity index (χ0n) is 14.6. The third kappa shape index (κ3) is 3.25. The predicted molar refractivity (Wildman–Crippen MR) is 94.1 cm³/mol. The first-order chi connectivity index (χ1) is 13.3. The fourth-order valence-electron chi connectivity index (χ4n) is 3.04. The third-order valence-electron chi connectivity index (χ3n) is 4.66. The van der Waals surface area contributed by atoms with E-state index in [2.05, 4.69) is 15.5 Å². The largest absolute Gasteiger partial charge is 0.454 e. The number of carbonyl (C=O) groups excluding carboxylic acids is 1. The molecule has 1 amide bonds. The summed E-state index contributed by atoms with van der Waals surface area (Å²) in [7, 11) is 0. The molecule has 8 heteroatoms. The molecule has 1 aliphatic carbocycles. The molecule has 0 radical (unpaired) electrons. The Kier molecular flexibility index (Phi) is 3.81. The molecule has 2 aromatic heterocycles. The second kappa shape index (κ2) is 6.46. The number of nitrogens with zero attached hydrogens (tertiary/aromatic N) is 3. The molecule has 0 bridgehead atoms. The van der Waals surface area contributed by atoms with Gasteiger partial charge in [-0.3, -0.25) is 4.79 Å². The van der Waals surface area contributed by atoms with Gasteiger partial charge in [-0.25, -0.2) is 0 Å². The number of nitrogens with one attached hydrogen (secondary N) is 1. The molecule has 1 aromatic carbocycles. The van der Waals surface area contributed by atoms with Crippen molar-refractivity contribution in [3.8, 4) is 23.1 Å². The number of carbonyl (C=O) groups is 1. The molecule has 0 spiro atoms. The average molecular weight is 366 g/mol. The first kappa shape index (κ1) is 15.9. The van der Waals surface area contributed by atoms with Crippen molar-refractivity contribution in [2.24, 2.45) is 0 Å². The van der Waals surface area contributed by atoms with E-state index in [-0.39, 0.29) is 19.2 Å². The quantitative estimate of drug-likeness (QED) is 0.721. The van der Waals surface area contributed by atoms with Gasteiger partial charge in [-0.05, 0) is 42.7 Å². The Bertz CT molecular complexity index is 989. The summed E-state index contributed by atoms with van der Waals surface area (Å²) in [6.07, 6.45) is 4.03. The van der Waals surface area contributed by atoms with Crippen LogP contribution in [0.4, 0.5) is 0 Å². The van der Waals surface area contributed by atoms with E-state index in [9.17, 15) is 4.79 Å². The molecule has 3 aromatic rings. The third-order valence-corrected chi connectivity index (χ3v) is 4.66. The lowest BCUT2D eigenvalue weighted by Crippen LogP contribution is -2.27. The van der Waals surface area contributed by atoms with Crippen LogP contribution in [0.2, 0.25) is 0 Å². The van der Waals surface area contributed by atoms with Gasteiger partial charge in [0.05, 0.1) is 0 Å². The number of hydrogen-bond acceptors (Lipinski definition) is 6. The van der Waals surface area contributed by atoms with E-state index in [1.807, 2.05) is 36.5 Å². The molecule has 1 fully saturated rings. The summed E-state index contributed by atoms with van der Waals surface area (Å²) in [6.45, 7) is 0.826. The van der Waals surface area contributed by atoms with Crippen molar-refractivity contribution in [3.63, 3.8) is 0 Å². The molecule has 0 atom stereocenters. The van der Waals surface area contributed by atoms with E-state index >= 15 is 0 Å². The maximum atomic E-state index is 12.4. The molecule has 138 valence electrons. The fraction of sp³-hybridized carbons (Fsp3) is 0.316. The Morgan fingerprint density at radius 2 is 2.07 bits per heavy atom. The van der Waals surface area contributed by atoms with Crippen LogP contribution in [0.3, 0.4) is 0 Å². The standard InChI is InChI=1S/C19H18N4O4/c24-17(20-9-12-3-6-15-16(8-12)26-11-25-15)10-23-7-1-2-14(23)19-22-21-18(27-19)13-4-5-13/h1-3,6-8,13H,4-5,9-11H2,(H,20,24). The normalized spacial score (nSPS) is 15.1. The minimum atomic E-state index is -0.105. The number of hydrogen-bond donors (Lipinski definition) is 1. The number of fused-ring (bicyclic) bond motifs is 1. The monoisotopic (exact) mass is 366 g/mol. The number of amides is 1. The topological polar surface area (TPSA) is 91.4 Å². The zero-order chi connectivity index (χ0) is 18.2. The molecule has 2 aliphatic rings. The van der Waals surface area contributed by atoms with Crippen LogP contribution in [0.15, 0.2) is 40.9 Å². The van der Waals surface area contributed by atoms with Crippen LogP contribution in [0.1, 0.15) is 30.2 Å². The van der Waals surface area contributed by atoms with Crippen LogP contribution >= 0.6 is 0 Å². The molecule has 5 rings (SSSR count). The Labute approximate surface area is 155 Å². The van der Waals surface area contributed by atoms with Gasteiger partial charge in [-0.15, -0.1) is 10.2 Å². The fourth-order valence-corrected chi connectivity index (χ4v) is 3.04. The van der Waals surface area contributed by atoms with E-state index in [4.69, 9.17) is 13.9 Å². The Morgan fingerprint density at radius 3 is 2.96 bits per heavy atom. The summed E-state index contributed by atoms with van der Waals surface area (Å²) >= 11 is 0. The Hall–Kier alpha value is -3.29. The summed E-state index contributed by atoms with van der Waals surface area (Å²) in [5.41, 5.74) is 1.69. The highest BCUT2D eigenvalue weighted by Crippen LogP contribution is 2.40. The van der Waals surface area contributed by atoms with Gasteiger partial charge in [0.2, 0.25) is 18.6 Å². The van der Waals surface area contributed by atoms with E-state index in [1.165, 1.54) is 0 Å². The second-order valence-corrected chi connectivity index (χ2v) is 6.71. The van der Waals surface area contributed by atoms with Gasteiger partial charge in [0, 0.05) is 18.7 Å². The molecule has 8 nitrogen and oxygen atoms in total. The SMILES string of the molecule is O=C(Cn1cccc1-c1nnc(C2CC2)o1)NCc1ccc2c(c1)OCO2. The van der Waals surface area contributed by atoms with Gasteiger partial charge in [0.1, 0.15) is 12.2 Å². The molecule has 1 saturated carbocycles. The van der Waals surface area contributed by atoms with Crippen molar-refractivity contribution >= 4 is 5.91 Å². The van der Waals surface area contributed by atoms with Crippen LogP contribution < -0.4 is 14.8 Å². The highest BCUT2D eigenvalue weighted by atomic mass is 16.7. The molecule has 3 heterocycles. The lowest BCUT2D eigenvalue weighted by atomic mass is 10.2. The van der Waals surface area contributed by atoms with Crippen LogP contribution in [0, 0.1) is 0 Å². The molecular weight excluding hydrogens is 348 g/mol. The molecule has 0 unspecified atom stereocenters. The number of ether oxygens (including phenoxy) is 2. The van der Waals surface area contributed by atoms with Crippen molar-refractivity contribution < 1.29 is 18.7 Å². The van der Waals surface area contributed by atoms with Crippen molar-refractivity contribution in [1.82, 2.24) is 20.1 Å². The maximum Gasteiger partial charge on any atom is 0.264 e. The summed E-state index contributed by atoms with van der Waals surface area (Å²) < 4.78 is 18.2. The summed E-state index contributed by atoms with van der Waals surface area (Å²) in [4.78, 5) is 12.4.